The number of unbranched alkanes of at least 4 members (excludes halogenated alkanes) is 1. The Morgan fingerprint density at radius 3 is 2.53 bits per heavy atom. The number of hydrogen-bond acceptors (Lipinski definition) is 3. The third-order valence-electron chi connectivity index (χ3n) is 2.60. The van der Waals surface area contributed by atoms with Gasteiger partial charge in [0.25, 0.3) is 0 Å². The smallest absolute Gasteiger partial charge is 0.305 e. The van der Waals surface area contributed by atoms with Gasteiger partial charge >= 0.3 is 5.97 Å². The molecule has 0 heterocycles. The maximum atomic E-state index is 11.4. The topological polar surface area (TPSA) is 35.5 Å². The Balaban J connectivity index is 3.33. The summed E-state index contributed by atoms with van der Waals surface area (Å²) in [4.78, 5) is 11.4. The molecule has 0 aromatic rings. The molecular formula is C14H28O3. The van der Waals surface area contributed by atoms with Crippen molar-refractivity contribution in [3.8, 4) is 0 Å². The van der Waals surface area contributed by atoms with Gasteiger partial charge in [0, 0.05) is 19.6 Å². The van der Waals surface area contributed by atoms with E-state index in [-0.39, 0.29) is 5.97 Å². The van der Waals surface area contributed by atoms with Gasteiger partial charge in [-0.05, 0) is 25.2 Å². The summed E-state index contributed by atoms with van der Waals surface area (Å²) < 4.78 is 10.5. The predicted octanol–water partition coefficient (Wildman–Crippen LogP) is 3.56. The summed E-state index contributed by atoms with van der Waals surface area (Å²) in [6.45, 7) is 8.39. The van der Waals surface area contributed by atoms with Gasteiger partial charge in [-0.2, -0.15) is 0 Å². The largest absolute Gasteiger partial charge is 0.465 e. The van der Waals surface area contributed by atoms with Crippen LogP contribution in [0.5, 0.6) is 0 Å². The maximum absolute atomic E-state index is 11.4. The molecule has 3 heteroatoms. The van der Waals surface area contributed by atoms with E-state index in [0.29, 0.717) is 25.6 Å². The van der Waals surface area contributed by atoms with E-state index < -0.39 is 0 Å². The fourth-order valence-corrected chi connectivity index (χ4v) is 1.51. The number of hydrogen-bond donors (Lipinski definition) is 0. The second-order valence-electron chi connectivity index (χ2n) is 4.65. The van der Waals surface area contributed by atoms with Crippen LogP contribution in [0.25, 0.3) is 0 Å². The fraction of sp³-hybridized carbons (Fsp3) is 0.929. The van der Waals surface area contributed by atoms with Gasteiger partial charge in [0.2, 0.25) is 0 Å². The van der Waals surface area contributed by atoms with Crippen LogP contribution in [0.1, 0.15) is 59.3 Å². The van der Waals surface area contributed by atoms with Crippen molar-refractivity contribution >= 4 is 5.97 Å². The molecule has 0 aromatic heterocycles. The lowest BCUT2D eigenvalue weighted by atomic mass is 10.1. The molecule has 0 aromatic carbocycles. The van der Waals surface area contributed by atoms with Crippen LogP contribution in [0.4, 0.5) is 0 Å². The molecule has 0 aliphatic carbocycles. The number of esters is 1. The molecule has 0 radical (unpaired) electrons. The van der Waals surface area contributed by atoms with Crippen LogP contribution in [-0.2, 0) is 14.3 Å². The first-order chi connectivity index (χ1) is 8.20. The lowest BCUT2D eigenvalue weighted by Gasteiger charge is -2.11. The molecule has 3 nitrogen and oxygen atoms in total. The molecule has 0 fully saturated rings. The van der Waals surface area contributed by atoms with E-state index in [1.807, 2.05) is 0 Å². The van der Waals surface area contributed by atoms with E-state index in [1.54, 1.807) is 0 Å². The molecule has 17 heavy (non-hydrogen) atoms. The van der Waals surface area contributed by atoms with Crippen molar-refractivity contribution in [3.63, 3.8) is 0 Å². The molecular weight excluding hydrogens is 216 g/mol. The third kappa shape index (κ3) is 11.7. The summed E-state index contributed by atoms with van der Waals surface area (Å²) in [7, 11) is 0. The average molecular weight is 244 g/mol. The zero-order chi connectivity index (χ0) is 12.9. The Morgan fingerprint density at radius 1 is 1.12 bits per heavy atom. The first kappa shape index (κ1) is 16.4. The van der Waals surface area contributed by atoms with Crippen LogP contribution in [-0.4, -0.2) is 25.8 Å². The average Bonchev–Trinajstić information content (AvgIpc) is 2.33. The van der Waals surface area contributed by atoms with Crippen molar-refractivity contribution < 1.29 is 14.3 Å². The Bertz CT molecular complexity index is 180. The van der Waals surface area contributed by atoms with Crippen LogP contribution in [0.2, 0.25) is 0 Å². The van der Waals surface area contributed by atoms with Crippen molar-refractivity contribution in [1.82, 2.24) is 0 Å². The lowest BCUT2D eigenvalue weighted by molar-refractivity contribution is -0.145. The van der Waals surface area contributed by atoms with Crippen LogP contribution in [0, 0.1) is 5.92 Å². The SMILES string of the molecule is CCCCC(C)COC(=O)CCCOCCC. The number of rotatable bonds is 11. The molecule has 0 saturated carbocycles. The molecule has 102 valence electrons. The summed E-state index contributed by atoms with van der Waals surface area (Å²) in [6, 6.07) is 0. The predicted molar refractivity (Wildman–Crippen MR) is 70.0 cm³/mol. The van der Waals surface area contributed by atoms with Gasteiger partial charge in [-0.1, -0.05) is 33.6 Å². The molecule has 0 rings (SSSR count). The number of ether oxygens (including phenoxy) is 2. The maximum Gasteiger partial charge on any atom is 0.305 e. The van der Waals surface area contributed by atoms with Gasteiger partial charge in [0.15, 0.2) is 0 Å². The Hall–Kier alpha value is -0.570. The van der Waals surface area contributed by atoms with Gasteiger partial charge in [-0.15, -0.1) is 0 Å². The molecule has 0 aliphatic heterocycles. The number of carbonyl (C=O) groups excluding carboxylic acids is 1. The first-order valence-electron chi connectivity index (χ1n) is 6.94. The monoisotopic (exact) mass is 244 g/mol. The highest BCUT2D eigenvalue weighted by Crippen LogP contribution is 2.08. The van der Waals surface area contributed by atoms with Crippen LogP contribution >= 0.6 is 0 Å². The minimum Gasteiger partial charge on any atom is -0.465 e. The summed E-state index contributed by atoms with van der Waals surface area (Å²) >= 11 is 0. The van der Waals surface area contributed by atoms with Crippen LogP contribution in [0.3, 0.4) is 0 Å². The highest BCUT2D eigenvalue weighted by molar-refractivity contribution is 5.69. The molecule has 0 saturated heterocycles. The van der Waals surface area contributed by atoms with Crippen molar-refractivity contribution in [2.24, 2.45) is 5.92 Å². The van der Waals surface area contributed by atoms with E-state index in [1.165, 1.54) is 12.8 Å². The molecule has 0 bridgehead atoms. The van der Waals surface area contributed by atoms with Crippen LogP contribution in [0.15, 0.2) is 0 Å². The Labute approximate surface area is 106 Å². The number of carbonyl (C=O) groups is 1. The lowest BCUT2D eigenvalue weighted by Crippen LogP contribution is -2.12. The van der Waals surface area contributed by atoms with Crippen molar-refractivity contribution in [1.29, 1.82) is 0 Å². The standard InChI is InChI=1S/C14H28O3/c1-4-6-8-13(3)12-17-14(15)9-7-11-16-10-5-2/h13H,4-12H2,1-3H3. The van der Waals surface area contributed by atoms with E-state index >= 15 is 0 Å². The van der Waals surface area contributed by atoms with E-state index in [2.05, 4.69) is 20.8 Å². The summed E-state index contributed by atoms with van der Waals surface area (Å²) in [5, 5.41) is 0. The van der Waals surface area contributed by atoms with Crippen LogP contribution < -0.4 is 0 Å². The zero-order valence-electron chi connectivity index (χ0n) is 11.7. The molecule has 1 atom stereocenters. The normalized spacial score (nSPS) is 12.4. The Kier molecular flexibility index (Phi) is 11.5. The quantitative estimate of drug-likeness (QED) is 0.412. The summed E-state index contributed by atoms with van der Waals surface area (Å²) in [5.74, 6) is 0.392. The third-order valence-corrected chi connectivity index (χ3v) is 2.60. The van der Waals surface area contributed by atoms with Gasteiger partial charge in [0.1, 0.15) is 0 Å². The van der Waals surface area contributed by atoms with Gasteiger partial charge in [-0.25, -0.2) is 0 Å². The van der Waals surface area contributed by atoms with Gasteiger partial charge < -0.3 is 9.47 Å². The molecule has 0 aliphatic rings. The molecule has 0 spiro atoms. The summed E-state index contributed by atoms with van der Waals surface area (Å²) in [6.07, 6.45) is 5.83. The minimum atomic E-state index is -0.0894. The van der Waals surface area contributed by atoms with Crippen molar-refractivity contribution in [2.45, 2.75) is 59.3 Å². The first-order valence-corrected chi connectivity index (χ1v) is 6.94. The van der Waals surface area contributed by atoms with E-state index in [9.17, 15) is 4.79 Å². The molecule has 1 unspecified atom stereocenters. The summed E-state index contributed by atoms with van der Waals surface area (Å²) in [5.41, 5.74) is 0. The second kappa shape index (κ2) is 11.9. The minimum absolute atomic E-state index is 0.0894. The van der Waals surface area contributed by atoms with Crippen molar-refractivity contribution in [3.05, 3.63) is 0 Å². The fourth-order valence-electron chi connectivity index (χ4n) is 1.51. The Morgan fingerprint density at radius 2 is 1.88 bits per heavy atom. The molecule has 0 amide bonds. The highest BCUT2D eigenvalue weighted by Gasteiger charge is 2.06. The second-order valence-corrected chi connectivity index (χ2v) is 4.65. The highest BCUT2D eigenvalue weighted by atomic mass is 16.5. The molecule has 0 N–H and O–H groups in total. The van der Waals surface area contributed by atoms with Gasteiger partial charge in [0.05, 0.1) is 6.61 Å². The van der Waals surface area contributed by atoms with Gasteiger partial charge in [-0.3, -0.25) is 4.79 Å². The van der Waals surface area contributed by atoms with E-state index in [4.69, 9.17) is 9.47 Å². The van der Waals surface area contributed by atoms with E-state index in [0.717, 1.165) is 25.9 Å². The zero-order valence-corrected chi connectivity index (χ0v) is 11.7. The van der Waals surface area contributed by atoms with Crippen molar-refractivity contribution in [2.75, 3.05) is 19.8 Å².